The zero-order chi connectivity index (χ0) is 15.1. The first-order valence-electron chi connectivity index (χ1n) is 6.32. The van der Waals surface area contributed by atoms with E-state index in [0.717, 1.165) is 16.1 Å². The van der Waals surface area contributed by atoms with Crippen LogP contribution >= 0.6 is 11.3 Å². The Kier molecular flexibility index (Phi) is 3.27. The lowest BCUT2D eigenvalue weighted by molar-refractivity contribution is -0.141. The number of pyridine rings is 1. The van der Waals surface area contributed by atoms with Crippen molar-refractivity contribution in [2.75, 3.05) is 0 Å². The molecule has 0 amide bonds. The number of aliphatic hydroxyl groups is 1. The summed E-state index contributed by atoms with van der Waals surface area (Å²) < 4.78 is 0. The largest absolute Gasteiger partial charge is 0.384 e. The van der Waals surface area contributed by atoms with E-state index in [9.17, 15) is 19.5 Å². The molecule has 1 fully saturated rings. The van der Waals surface area contributed by atoms with Gasteiger partial charge in [-0.2, -0.15) is 0 Å². The molecule has 2 unspecified atom stereocenters. The molecule has 0 spiro atoms. The van der Waals surface area contributed by atoms with Crippen molar-refractivity contribution in [1.82, 2.24) is 4.98 Å². The van der Waals surface area contributed by atoms with E-state index >= 15 is 0 Å². The number of thiophene rings is 1. The molecule has 6 heteroatoms. The predicted octanol–water partition coefficient (Wildman–Crippen LogP) is 1.28. The normalized spacial score (nSPS) is 22.1. The van der Waals surface area contributed by atoms with Crippen LogP contribution < -0.4 is 0 Å². The number of carbonyl (C=O) groups excluding carboxylic acids is 3. The van der Waals surface area contributed by atoms with Gasteiger partial charge in [0, 0.05) is 21.6 Å². The summed E-state index contributed by atoms with van der Waals surface area (Å²) in [6.07, 6.45) is 0.128. The summed E-state index contributed by atoms with van der Waals surface area (Å²) in [6, 6.07) is 7.22. The molecule has 1 N–H and O–H groups in total. The highest BCUT2D eigenvalue weighted by Crippen LogP contribution is 2.36. The third-order valence-corrected chi connectivity index (χ3v) is 4.65. The first kappa shape index (κ1) is 13.8. The average molecular weight is 301 g/mol. The van der Waals surface area contributed by atoms with Crippen LogP contribution in [-0.2, 0) is 14.4 Å². The van der Waals surface area contributed by atoms with Crippen molar-refractivity contribution in [2.45, 2.75) is 18.9 Å². The molecule has 1 aliphatic carbocycles. The summed E-state index contributed by atoms with van der Waals surface area (Å²) in [5.41, 5.74) is 1.81. The number of aliphatic hydroxyl groups excluding tert-OH is 1. The lowest BCUT2D eigenvalue weighted by atomic mass is 10.0. The Hall–Kier alpha value is -2.18. The van der Waals surface area contributed by atoms with E-state index < -0.39 is 29.4 Å². The second-order valence-corrected chi connectivity index (χ2v) is 5.98. The van der Waals surface area contributed by atoms with E-state index in [1.807, 2.05) is 25.1 Å². The van der Waals surface area contributed by atoms with E-state index in [1.165, 1.54) is 11.3 Å². The molecule has 5 nitrogen and oxygen atoms in total. The van der Waals surface area contributed by atoms with Crippen molar-refractivity contribution in [1.29, 1.82) is 0 Å². The predicted molar refractivity (Wildman–Crippen MR) is 76.1 cm³/mol. The van der Waals surface area contributed by atoms with Crippen LogP contribution in [0.2, 0.25) is 0 Å². The summed E-state index contributed by atoms with van der Waals surface area (Å²) >= 11 is 1.29. The molecule has 2 heterocycles. The number of aryl methyl sites for hydroxylation is 1. The highest BCUT2D eigenvalue weighted by atomic mass is 32.1. The summed E-state index contributed by atoms with van der Waals surface area (Å²) in [6.45, 7) is 1.87. The van der Waals surface area contributed by atoms with Gasteiger partial charge in [-0.05, 0) is 36.8 Å². The fraction of sp³-hybridized carbons (Fsp3) is 0.200. The monoisotopic (exact) mass is 301 g/mol. The quantitative estimate of drug-likeness (QED) is 0.845. The van der Waals surface area contributed by atoms with Gasteiger partial charge < -0.3 is 5.11 Å². The average Bonchev–Trinajstić information content (AvgIpc) is 3.01. The third-order valence-electron chi connectivity index (χ3n) is 3.43. The molecule has 21 heavy (non-hydrogen) atoms. The Morgan fingerprint density at radius 3 is 2.52 bits per heavy atom. The van der Waals surface area contributed by atoms with Gasteiger partial charge in [0.25, 0.3) is 5.78 Å². The van der Waals surface area contributed by atoms with Gasteiger partial charge in [-0.3, -0.25) is 19.4 Å². The smallest absolute Gasteiger partial charge is 0.267 e. The zero-order valence-corrected chi connectivity index (χ0v) is 11.9. The number of ketones is 3. The number of carbonyl (C=O) groups is 3. The molecule has 0 aromatic carbocycles. The second-order valence-electron chi connectivity index (χ2n) is 4.87. The van der Waals surface area contributed by atoms with Gasteiger partial charge in [0.15, 0.2) is 0 Å². The Morgan fingerprint density at radius 1 is 1.14 bits per heavy atom. The second kappa shape index (κ2) is 4.98. The maximum atomic E-state index is 11.8. The first-order valence-corrected chi connectivity index (χ1v) is 7.14. The zero-order valence-electron chi connectivity index (χ0n) is 11.1. The van der Waals surface area contributed by atoms with Gasteiger partial charge in [0.2, 0.25) is 11.6 Å². The number of Topliss-reactive ketones (excluding diaryl/α,β-unsaturated/α-hetero) is 3. The van der Waals surface area contributed by atoms with Gasteiger partial charge in [0.05, 0.1) is 5.92 Å². The number of rotatable bonds is 2. The Labute approximate surface area is 124 Å². The maximum Gasteiger partial charge on any atom is 0.267 e. The highest BCUT2D eigenvalue weighted by Gasteiger charge is 2.49. The molecule has 2 aromatic rings. The van der Waals surface area contributed by atoms with Gasteiger partial charge >= 0.3 is 0 Å². The van der Waals surface area contributed by atoms with E-state index in [1.54, 1.807) is 12.3 Å². The molecular formula is C15H11NO4S. The third kappa shape index (κ3) is 2.22. The first-order chi connectivity index (χ1) is 9.99. The lowest BCUT2D eigenvalue weighted by Gasteiger charge is -2.07. The van der Waals surface area contributed by atoms with E-state index in [0.29, 0.717) is 4.88 Å². The maximum absolute atomic E-state index is 11.8. The van der Waals surface area contributed by atoms with Crippen molar-refractivity contribution in [2.24, 2.45) is 0 Å². The minimum absolute atomic E-state index is 0.524. The molecular weight excluding hydrogens is 290 g/mol. The molecule has 2 aromatic heterocycles. The number of nitrogens with zero attached hydrogens (tertiary/aromatic N) is 1. The van der Waals surface area contributed by atoms with E-state index in [2.05, 4.69) is 4.98 Å². The fourth-order valence-electron chi connectivity index (χ4n) is 2.35. The van der Waals surface area contributed by atoms with Gasteiger partial charge in [-0.25, -0.2) is 0 Å². The van der Waals surface area contributed by atoms with Crippen molar-refractivity contribution < 1.29 is 19.5 Å². The SMILES string of the molecule is Cc1cc(-c2ccc(C3C(=O)C(=O)C(=O)C3O)s2)ccn1. The van der Waals surface area contributed by atoms with Crippen LogP contribution in [0.1, 0.15) is 16.5 Å². The van der Waals surface area contributed by atoms with Gasteiger partial charge in [0.1, 0.15) is 6.10 Å². The van der Waals surface area contributed by atoms with Crippen molar-refractivity contribution in [3.63, 3.8) is 0 Å². The molecule has 106 valence electrons. The number of hydrogen-bond acceptors (Lipinski definition) is 6. The van der Waals surface area contributed by atoms with Crippen LogP contribution in [0.15, 0.2) is 30.5 Å². The summed E-state index contributed by atoms with van der Waals surface area (Å²) in [5.74, 6) is -4.01. The summed E-state index contributed by atoms with van der Waals surface area (Å²) in [7, 11) is 0. The molecule has 1 saturated carbocycles. The van der Waals surface area contributed by atoms with Gasteiger partial charge in [-0.15, -0.1) is 11.3 Å². The van der Waals surface area contributed by atoms with Crippen LogP contribution in [0.25, 0.3) is 10.4 Å². The molecule has 0 saturated heterocycles. The minimum atomic E-state index is -1.56. The van der Waals surface area contributed by atoms with Crippen LogP contribution in [-0.4, -0.2) is 33.5 Å². The van der Waals surface area contributed by atoms with Crippen molar-refractivity contribution in [3.05, 3.63) is 41.0 Å². The standard InChI is InChI=1S/C15H11NO4S/c1-7-6-8(4-5-16-7)9-2-3-10(21-9)11-12(17)14(19)15(20)13(11)18/h2-6,11-12,17H,1H3. The lowest BCUT2D eigenvalue weighted by Crippen LogP contribution is -2.21. The highest BCUT2D eigenvalue weighted by molar-refractivity contribution is 7.15. The van der Waals surface area contributed by atoms with Crippen LogP contribution in [0.4, 0.5) is 0 Å². The summed E-state index contributed by atoms with van der Waals surface area (Å²) in [5, 5.41) is 9.78. The van der Waals surface area contributed by atoms with Crippen LogP contribution in [0.3, 0.4) is 0 Å². The molecule has 0 radical (unpaired) electrons. The molecule has 0 bridgehead atoms. The van der Waals surface area contributed by atoms with Gasteiger partial charge in [-0.1, -0.05) is 0 Å². The Balaban J connectivity index is 1.98. The number of aromatic nitrogens is 1. The molecule has 2 atom stereocenters. The van der Waals surface area contributed by atoms with E-state index in [4.69, 9.17) is 0 Å². The van der Waals surface area contributed by atoms with Crippen molar-refractivity contribution in [3.8, 4) is 10.4 Å². The topological polar surface area (TPSA) is 84.3 Å². The van der Waals surface area contributed by atoms with Crippen LogP contribution in [0.5, 0.6) is 0 Å². The molecule has 0 aliphatic heterocycles. The number of hydrogen-bond donors (Lipinski definition) is 1. The van der Waals surface area contributed by atoms with Crippen LogP contribution in [0, 0.1) is 6.92 Å². The molecule has 3 rings (SSSR count). The molecule has 1 aliphatic rings. The van der Waals surface area contributed by atoms with E-state index in [-0.39, 0.29) is 0 Å². The van der Waals surface area contributed by atoms with Crippen molar-refractivity contribution >= 4 is 28.7 Å². The fourth-order valence-corrected chi connectivity index (χ4v) is 3.48. The minimum Gasteiger partial charge on any atom is -0.384 e. The Bertz CT molecular complexity index is 765. The Morgan fingerprint density at radius 2 is 1.90 bits per heavy atom. The summed E-state index contributed by atoms with van der Waals surface area (Å²) in [4.78, 5) is 40.1.